The van der Waals surface area contributed by atoms with Crippen LogP contribution in [0.3, 0.4) is 0 Å². The third-order valence-corrected chi connectivity index (χ3v) is 5.74. The smallest absolute Gasteiger partial charge is 0.257 e. The lowest BCUT2D eigenvalue weighted by Gasteiger charge is -2.25. The average molecular weight is 414 g/mol. The number of benzene rings is 2. The van der Waals surface area contributed by atoms with Crippen molar-refractivity contribution in [2.24, 2.45) is 0 Å². The van der Waals surface area contributed by atoms with Gasteiger partial charge in [-0.25, -0.2) is 8.78 Å². The van der Waals surface area contributed by atoms with E-state index in [1.165, 1.54) is 6.07 Å². The van der Waals surface area contributed by atoms with Crippen LogP contribution in [0.25, 0.3) is 0 Å². The van der Waals surface area contributed by atoms with Crippen LogP contribution in [-0.4, -0.2) is 53.9 Å². The van der Waals surface area contributed by atoms with Crippen LogP contribution in [0, 0.1) is 11.6 Å². The number of halogens is 2. The molecule has 2 amide bonds. The number of carbonyl (C=O) groups excluding carboxylic acids is 2. The molecule has 0 spiro atoms. The molecule has 0 aromatic heterocycles. The van der Waals surface area contributed by atoms with Crippen LogP contribution in [0.4, 0.5) is 8.78 Å². The molecule has 30 heavy (non-hydrogen) atoms. The van der Waals surface area contributed by atoms with Crippen LogP contribution in [0.2, 0.25) is 0 Å². The lowest BCUT2D eigenvalue weighted by Crippen LogP contribution is -2.39. The van der Waals surface area contributed by atoms with Gasteiger partial charge in [0.05, 0.1) is 11.6 Å². The molecular formula is C23H24F2N2O3. The van der Waals surface area contributed by atoms with Crippen LogP contribution >= 0.6 is 0 Å². The summed E-state index contributed by atoms with van der Waals surface area (Å²) in [5.74, 6) is -1.37. The van der Waals surface area contributed by atoms with E-state index >= 15 is 0 Å². The fraction of sp³-hybridized carbons (Fsp3) is 0.391. The number of nitrogens with zero attached hydrogens (tertiary/aromatic N) is 2. The second kappa shape index (κ2) is 8.81. The van der Waals surface area contributed by atoms with E-state index in [1.54, 1.807) is 29.2 Å². The molecule has 5 nitrogen and oxygen atoms in total. The van der Waals surface area contributed by atoms with Gasteiger partial charge >= 0.3 is 0 Å². The number of ether oxygens (including phenoxy) is 1. The molecule has 0 bridgehead atoms. The highest BCUT2D eigenvalue weighted by Gasteiger charge is 2.31. The minimum Gasteiger partial charge on any atom is -0.491 e. The van der Waals surface area contributed by atoms with E-state index in [9.17, 15) is 18.4 Å². The van der Waals surface area contributed by atoms with Gasteiger partial charge < -0.3 is 14.5 Å². The van der Waals surface area contributed by atoms with Crippen molar-refractivity contribution in [1.82, 2.24) is 9.80 Å². The van der Waals surface area contributed by atoms with Crippen molar-refractivity contribution >= 4 is 11.8 Å². The maximum absolute atomic E-state index is 14.0. The normalized spacial score (nSPS) is 18.7. The van der Waals surface area contributed by atoms with Crippen molar-refractivity contribution < 1.29 is 23.1 Å². The van der Waals surface area contributed by atoms with Crippen molar-refractivity contribution in [2.45, 2.75) is 31.7 Å². The third-order valence-electron chi connectivity index (χ3n) is 5.74. The highest BCUT2D eigenvalue weighted by atomic mass is 19.1. The van der Waals surface area contributed by atoms with Gasteiger partial charge in [0.15, 0.2) is 0 Å². The van der Waals surface area contributed by atoms with Crippen LogP contribution in [0.15, 0.2) is 42.5 Å². The Labute approximate surface area is 174 Å². The van der Waals surface area contributed by atoms with E-state index in [0.29, 0.717) is 17.9 Å². The van der Waals surface area contributed by atoms with E-state index in [2.05, 4.69) is 0 Å². The largest absolute Gasteiger partial charge is 0.491 e. The lowest BCUT2D eigenvalue weighted by molar-refractivity contribution is 0.0686. The van der Waals surface area contributed by atoms with Crippen LogP contribution in [-0.2, 0) is 0 Å². The third kappa shape index (κ3) is 4.30. The second-order valence-electron chi connectivity index (χ2n) is 7.75. The Morgan fingerprint density at radius 3 is 2.37 bits per heavy atom. The number of hydrogen-bond acceptors (Lipinski definition) is 3. The lowest BCUT2D eigenvalue weighted by atomic mass is 10.1. The molecular weight excluding hydrogens is 390 g/mol. The summed E-state index contributed by atoms with van der Waals surface area (Å²) in [6.07, 6.45) is 3.64. The molecule has 4 rings (SSSR count). The fourth-order valence-corrected chi connectivity index (χ4v) is 4.08. The highest BCUT2D eigenvalue weighted by molar-refractivity contribution is 5.95. The van der Waals surface area contributed by atoms with Crippen molar-refractivity contribution in [3.05, 3.63) is 65.2 Å². The molecule has 1 atom stereocenters. The maximum Gasteiger partial charge on any atom is 0.257 e. The first kappa shape index (κ1) is 20.3. The number of amides is 2. The van der Waals surface area contributed by atoms with E-state index in [4.69, 9.17) is 4.74 Å². The van der Waals surface area contributed by atoms with Gasteiger partial charge in [0.1, 0.15) is 24.0 Å². The topological polar surface area (TPSA) is 49.9 Å². The molecule has 2 aliphatic rings. The minimum absolute atomic E-state index is 0.0351. The summed E-state index contributed by atoms with van der Waals surface area (Å²) in [5, 5.41) is 0. The SMILES string of the molecule is O=C(c1ccc(OCC2CCCN2C(=O)c2ccc(F)cc2F)cc1)N1CCCC1. The first-order chi connectivity index (χ1) is 14.5. The minimum atomic E-state index is -0.857. The van der Waals surface area contributed by atoms with Gasteiger partial charge in [-0.15, -0.1) is 0 Å². The van der Waals surface area contributed by atoms with Gasteiger partial charge in [-0.05, 0) is 62.1 Å². The van der Waals surface area contributed by atoms with Gasteiger partial charge in [-0.1, -0.05) is 0 Å². The molecule has 0 N–H and O–H groups in total. The molecule has 2 aromatic carbocycles. The zero-order chi connectivity index (χ0) is 21.1. The number of likely N-dealkylation sites (tertiary alicyclic amines) is 2. The van der Waals surface area contributed by atoms with Crippen LogP contribution in [0.5, 0.6) is 5.75 Å². The zero-order valence-corrected chi connectivity index (χ0v) is 16.7. The quantitative estimate of drug-likeness (QED) is 0.746. The van der Waals surface area contributed by atoms with E-state index in [0.717, 1.165) is 50.9 Å². The molecule has 7 heteroatoms. The van der Waals surface area contributed by atoms with Gasteiger partial charge in [0.25, 0.3) is 11.8 Å². The van der Waals surface area contributed by atoms with E-state index in [1.807, 2.05) is 4.90 Å². The van der Waals surface area contributed by atoms with Crippen molar-refractivity contribution in [3.63, 3.8) is 0 Å². The summed E-state index contributed by atoms with van der Waals surface area (Å²) in [4.78, 5) is 28.6. The Hall–Kier alpha value is -2.96. The van der Waals surface area contributed by atoms with E-state index in [-0.39, 0.29) is 24.1 Å². The second-order valence-corrected chi connectivity index (χ2v) is 7.75. The Morgan fingerprint density at radius 1 is 0.933 bits per heavy atom. The average Bonchev–Trinajstić information content (AvgIpc) is 3.44. The molecule has 2 fully saturated rings. The Balaban J connectivity index is 1.37. The first-order valence-electron chi connectivity index (χ1n) is 10.3. The summed E-state index contributed by atoms with van der Waals surface area (Å²) in [7, 11) is 0. The monoisotopic (exact) mass is 414 g/mol. The first-order valence-corrected chi connectivity index (χ1v) is 10.3. The molecule has 2 saturated heterocycles. The summed E-state index contributed by atoms with van der Waals surface area (Å²) in [5.41, 5.74) is 0.502. The van der Waals surface area contributed by atoms with E-state index < -0.39 is 17.5 Å². The van der Waals surface area contributed by atoms with Crippen molar-refractivity contribution in [2.75, 3.05) is 26.2 Å². The van der Waals surface area contributed by atoms with Gasteiger partial charge in [0, 0.05) is 31.3 Å². The molecule has 158 valence electrons. The molecule has 1 unspecified atom stereocenters. The van der Waals surface area contributed by atoms with Crippen molar-refractivity contribution in [1.29, 1.82) is 0 Å². The summed E-state index contributed by atoms with van der Waals surface area (Å²) in [6, 6.07) is 9.81. The highest BCUT2D eigenvalue weighted by Crippen LogP contribution is 2.23. The molecule has 2 heterocycles. The Kier molecular flexibility index (Phi) is 5.97. The number of rotatable bonds is 5. The zero-order valence-electron chi connectivity index (χ0n) is 16.7. The Morgan fingerprint density at radius 2 is 1.67 bits per heavy atom. The maximum atomic E-state index is 14.0. The van der Waals surface area contributed by atoms with Crippen LogP contribution < -0.4 is 4.74 Å². The van der Waals surface area contributed by atoms with Crippen LogP contribution in [0.1, 0.15) is 46.4 Å². The standard InChI is InChI=1S/C23H24F2N2O3/c24-17-7-10-20(21(25)14-17)23(29)27-13-3-4-18(27)15-30-19-8-5-16(6-9-19)22(28)26-11-1-2-12-26/h5-10,14,18H,1-4,11-13,15H2. The van der Waals surface area contributed by atoms with Gasteiger partial charge in [-0.2, -0.15) is 0 Å². The molecule has 2 aliphatic heterocycles. The summed E-state index contributed by atoms with van der Waals surface area (Å²) >= 11 is 0. The Bertz CT molecular complexity index is 927. The molecule has 0 aliphatic carbocycles. The van der Waals surface area contributed by atoms with Gasteiger partial charge in [0.2, 0.25) is 0 Å². The number of hydrogen-bond donors (Lipinski definition) is 0. The number of carbonyl (C=O) groups is 2. The fourth-order valence-electron chi connectivity index (χ4n) is 4.08. The molecule has 2 aromatic rings. The molecule has 0 saturated carbocycles. The predicted molar refractivity (Wildman–Crippen MR) is 107 cm³/mol. The summed E-state index contributed by atoms with van der Waals surface area (Å²) in [6.45, 7) is 2.38. The van der Waals surface area contributed by atoms with Gasteiger partial charge in [-0.3, -0.25) is 9.59 Å². The summed E-state index contributed by atoms with van der Waals surface area (Å²) < 4.78 is 33.0. The van der Waals surface area contributed by atoms with Crippen molar-refractivity contribution in [3.8, 4) is 5.75 Å². The predicted octanol–water partition coefficient (Wildman–Crippen LogP) is 3.88. The molecule has 0 radical (unpaired) electrons.